The summed E-state index contributed by atoms with van der Waals surface area (Å²) in [6.45, 7) is 1.71. The lowest BCUT2D eigenvalue weighted by molar-refractivity contribution is 0.619. The molecule has 0 fully saturated rings. The van der Waals surface area contributed by atoms with Crippen LogP contribution in [0.1, 0.15) is 5.56 Å². The zero-order chi connectivity index (χ0) is 10.8. The molecule has 1 aromatic carbocycles. The summed E-state index contributed by atoms with van der Waals surface area (Å²) in [6.07, 6.45) is 1.62. The molecule has 0 saturated heterocycles. The smallest absolute Gasteiger partial charge is 0.247 e. The minimum Gasteiger partial charge on any atom is -0.328 e. The molecule has 1 N–H and O–H groups in total. The third-order valence-corrected chi connectivity index (χ3v) is 2.28. The van der Waals surface area contributed by atoms with Crippen molar-refractivity contribution in [2.45, 2.75) is 6.92 Å². The molecule has 2 nitrogen and oxygen atoms in total. The minimum absolute atomic E-state index is 0.141. The third kappa shape index (κ3) is 1.96. The van der Waals surface area contributed by atoms with E-state index in [0.717, 1.165) is 11.1 Å². The van der Waals surface area contributed by atoms with Crippen LogP contribution in [0.3, 0.4) is 0 Å². The van der Waals surface area contributed by atoms with Crippen LogP contribution in [0.5, 0.6) is 0 Å². The van der Waals surface area contributed by atoms with Crippen LogP contribution < -0.4 is 5.56 Å². The second kappa shape index (κ2) is 3.69. The highest BCUT2D eigenvalue weighted by Crippen LogP contribution is 2.19. The Kier molecular flexibility index (Phi) is 2.37. The summed E-state index contributed by atoms with van der Waals surface area (Å²) in [7, 11) is 0. The van der Waals surface area contributed by atoms with E-state index in [1.54, 1.807) is 31.3 Å². The van der Waals surface area contributed by atoms with E-state index in [4.69, 9.17) is 0 Å². The molecule has 0 aliphatic rings. The Hall–Kier alpha value is -1.90. The molecular formula is C12H10FNO. The number of pyridine rings is 1. The maximum atomic E-state index is 13.0. The van der Waals surface area contributed by atoms with Crippen molar-refractivity contribution in [2.24, 2.45) is 0 Å². The maximum Gasteiger partial charge on any atom is 0.247 e. The van der Waals surface area contributed by atoms with Crippen LogP contribution in [-0.4, -0.2) is 4.98 Å². The Labute approximate surface area is 86.4 Å². The third-order valence-electron chi connectivity index (χ3n) is 2.28. The molecule has 0 aliphatic carbocycles. The summed E-state index contributed by atoms with van der Waals surface area (Å²) in [5.41, 5.74) is 2.22. The van der Waals surface area contributed by atoms with Crippen molar-refractivity contribution in [2.75, 3.05) is 0 Å². The number of aryl methyl sites for hydroxylation is 1. The second-order valence-corrected chi connectivity index (χ2v) is 3.41. The fourth-order valence-corrected chi connectivity index (χ4v) is 1.41. The van der Waals surface area contributed by atoms with Gasteiger partial charge < -0.3 is 4.98 Å². The predicted molar refractivity (Wildman–Crippen MR) is 57.2 cm³/mol. The van der Waals surface area contributed by atoms with Crippen molar-refractivity contribution in [1.82, 2.24) is 4.98 Å². The number of aromatic amines is 1. The lowest BCUT2D eigenvalue weighted by atomic mass is 10.1. The highest BCUT2D eigenvalue weighted by atomic mass is 19.1. The summed E-state index contributed by atoms with van der Waals surface area (Å²) < 4.78 is 13.0. The van der Waals surface area contributed by atoms with Gasteiger partial charge in [0.15, 0.2) is 0 Å². The van der Waals surface area contributed by atoms with Crippen molar-refractivity contribution in [3.63, 3.8) is 0 Å². The second-order valence-electron chi connectivity index (χ2n) is 3.41. The van der Waals surface area contributed by atoms with Crippen molar-refractivity contribution in [3.05, 3.63) is 58.3 Å². The Bertz CT molecular complexity index is 525. The number of rotatable bonds is 1. The first-order chi connectivity index (χ1) is 7.16. The van der Waals surface area contributed by atoms with Crippen LogP contribution in [0.2, 0.25) is 0 Å². The molecule has 0 unspecified atom stereocenters. The first-order valence-corrected chi connectivity index (χ1v) is 4.62. The number of nitrogens with one attached hydrogen (secondary N) is 1. The summed E-state index contributed by atoms with van der Waals surface area (Å²) in [4.78, 5) is 13.4. The number of hydrogen-bond acceptors (Lipinski definition) is 1. The molecule has 76 valence electrons. The average molecular weight is 203 g/mol. The molecule has 0 spiro atoms. The fraction of sp³-hybridized carbons (Fsp3) is 0.0833. The molecule has 2 rings (SSSR count). The lowest BCUT2D eigenvalue weighted by Crippen LogP contribution is -2.01. The van der Waals surface area contributed by atoms with Gasteiger partial charge >= 0.3 is 0 Å². The van der Waals surface area contributed by atoms with Gasteiger partial charge in [-0.2, -0.15) is 0 Å². The monoisotopic (exact) mass is 203 g/mol. The van der Waals surface area contributed by atoms with Crippen LogP contribution in [0.15, 0.2) is 41.3 Å². The van der Waals surface area contributed by atoms with Crippen molar-refractivity contribution in [3.8, 4) is 11.1 Å². The van der Waals surface area contributed by atoms with Gasteiger partial charge in [0.25, 0.3) is 0 Å². The summed E-state index contributed by atoms with van der Waals surface area (Å²) in [5, 5.41) is 0. The molecule has 0 saturated carbocycles. The van der Waals surface area contributed by atoms with Crippen LogP contribution in [0, 0.1) is 12.7 Å². The molecule has 1 heterocycles. The molecule has 1 aromatic heterocycles. The van der Waals surface area contributed by atoms with E-state index in [1.807, 2.05) is 0 Å². The van der Waals surface area contributed by atoms with Gasteiger partial charge in [0.1, 0.15) is 5.82 Å². The zero-order valence-corrected chi connectivity index (χ0v) is 8.25. The topological polar surface area (TPSA) is 32.9 Å². The van der Waals surface area contributed by atoms with Gasteiger partial charge in [0.2, 0.25) is 5.56 Å². The van der Waals surface area contributed by atoms with Gasteiger partial charge in [-0.05, 0) is 41.8 Å². The number of H-pyrrole nitrogens is 1. The SMILES string of the molecule is Cc1cc(-c2ccc(=O)[nH]c2)ccc1F. The molecule has 2 aromatic rings. The van der Waals surface area contributed by atoms with Crippen LogP contribution in [0.4, 0.5) is 4.39 Å². The largest absolute Gasteiger partial charge is 0.328 e. The van der Waals surface area contributed by atoms with Crippen molar-refractivity contribution in [1.29, 1.82) is 0 Å². The van der Waals surface area contributed by atoms with Crippen molar-refractivity contribution >= 4 is 0 Å². The fourth-order valence-electron chi connectivity index (χ4n) is 1.41. The predicted octanol–water partition coefficient (Wildman–Crippen LogP) is 2.49. The normalized spacial score (nSPS) is 10.3. The Balaban J connectivity index is 2.50. The highest BCUT2D eigenvalue weighted by molar-refractivity contribution is 5.62. The Morgan fingerprint density at radius 2 is 1.87 bits per heavy atom. The average Bonchev–Trinajstić information content (AvgIpc) is 2.23. The molecule has 0 aliphatic heterocycles. The van der Waals surface area contributed by atoms with Gasteiger partial charge in [0, 0.05) is 12.3 Å². The lowest BCUT2D eigenvalue weighted by Gasteiger charge is -2.02. The molecule has 0 radical (unpaired) electrons. The van der Waals surface area contributed by atoms with Crippen LogP contribution >= 0.6 is 0 Å². The van der Waals surface area contributed by atoms with E-state index in [-0.39, 0.29) is 11.4 Å². The minimum atomic E-state index is -0.219. The van der Waals surface area contributed by atoms with Crippen LogP contribution in [-0.2, 0) is 0 Å². The van der Waals surface area contributed by atoms with Gasteiger partial charge in [-0.3, -0.25) is 4.79 Å². The molecule has 15 heavy (non-hydrogen) atoms. The number of halogens is 1. The number of hydrogen-bond donors (Lipinski definition) is 1. The standard InChI is InChI=1S/C12H10FNO/c1-8-6-9(2-4-11(8)13)10-3-5-12(15)14-7-10/h2-7H,1H3,(H,14,15). The van der Waals surface area contributed by atoms with Crippen molar-refractivity contribution < 1.29 is 4.39 Å². The Morgan fingerprint density at radius 1 is 1.13 bits per heavy atom. The van der Waals surface area contributed by atoms with Crippen LogP contribution in [0.25, 0.3) is 11.1 Å². The maximum absolute atomic E-state index is 13.0. The molecule has 0 atom stereocenters. The molecular weight excluding hydrogens is 193 g/mol. The molecule has 0 amide bonds. The number of benzene rings is 1. The summed E-state index contributed by atoms with van der Waals surface area (Å²) in [6, 6.07) is 8.04. The van der Waals surface area contributed by atoms with Gasteiger partial charge in [-0.1, -0.05) is 6.07 Å². The number of aromatic nitrogens is 1. The van der Waals surface area contributed by atoms with E-state index in [0.29, 0.717) is 5.56 Å². The Morgan fingerprint density at radius 3 is 2.47 bits per heavy atom. The molecule has 0 bridgehead atoms. The summed E-state index contributed by atoms with van der Waals surface area (Å²) in [5.74, 6) is -0.219. The summed E-state index contributed by atoms with van der Waals surface area (Å²) >= 11 is 0. The van der Waals surface area contributed by atoms with E-state index in [9.17, 15) is 9.18 Å². The first kappa shape index (κ1) is 9.65. The van der Waals surface area contributed by atoms with Gasteiger partial charge in [-0.15, -0.1) is 0 Å². The molecule has 3 heteroatoms. The quantitative estimate of drug-likeness (QED) is 0.758. The van der Waals surface area contributed by atoms with E-state index >= 15 is 0 Å². The zero-order valence-electron chi connectivity index (χ0n) is 8.25. The first-order valence-electron chi connectivity index (χ1n) is 4.62. The van der Waals surface area contributed by atoms with Gasteiger partial charge in [0.05, 0.1) is 0 Å². The van der Waals surface area contributed by atoms with E-state index < -0.39 is 0 Å². The van der Waals surface area contributed by atoms with E-state index in [2.05, 4.69) is 4.98 Å². The van der Waals surface area contributed by atoms with E-state index in [1.165, 1.54) is 12.1 Å². The highest BCUT2D eigenvalue weighted by Gasteiger charge is 2.01. The van der Waals surface area contributed by atoms with Gasteiger partial charge in [-0.25, -0.2) is 4.39 Å².